The van der Waals surface area contributed by atoms with Gasteiger partial charge in [-0.25, -0.2) is 0 Å². The molecule has 1 aliphatic rings. The number of amides is 1. The predicted octanol–water partition coefficient (Wildman–Crippen LogP) is 5.48. The molecule has 0 unspecified atom stereocenters. The lowest BCUT2D eigenvalue weighted by Crippen LogP contribution is -2.31. The summed E-state index contributed by atoms with van der Waals surface area (Å²) in [6, 6.07) is 22.0. The van der Waals surface area contributed by atoms with Gasteiger partial charge in [-0.05, 0) is 52.6 Å². The molecule has 3 aromatic carbocycles. The third kappa shape index (κ3) is 4.80. The Balaban J connectivity index is 1.60. The van der Waals surface area contributed by atoms with Crippen LogP contribution in [0.2, 0.25) is 0 Å². The van der Waals surface area contributed by atoms with Gasteiger partial charge in [0, 0.05) is 0 Å². The van der Waals surface area contributed by atoms with Gasteiger partial charge in [0.05, 0.1) is 25.1 Å². The Morgan fingerprint density at radius 1 is 1.06 bits per heavy atom. The lowest BCUT2D eigenvalue weighted by atomic mass is 10.0. The zero-order valence-corrected chi connectivity index (χ0v) is 18.5. The van der Waals surface area contributed by atoms with Gasteiger partial charge in [0.1, 0.15) is 5.75 Å². The smallest absolute Gasteiger partial charge is 0.242 e. The fraction of sp³-hybridized carbons (Fsp3) is 0.240. The van der Waals surface area contributed by atoms with Gasteiger partial charge in [-0.1, -0.05) is 67.6 Å². The second-order valence-electron chi connectivity index (χ2n) is 7.36. The number of ether oxygens (including phenoxy) is 1. The van der Waals surface area contributed by atoms with Crippen molar-refractivity contribution in [2.45, 2.75) is 31.6 Å². The number of hydrogen-bond acceptors (Lipinski definition) is 5. The van der Waals surface area contributed by atoms with Gasteiger partial charge in [-0.15, -0.1) is 5.10 Å². The number of carbonyl (C=O) groups is 1. The van der Waals surface area contributed by atoms with Crippen molar-refractivity contribution >= 4 is 39.8 Å². The number of rotatable bonds is 7. The average Bonchev–Trinajstić information content (AvgIpc) is 3.09. The van der Waals surface area contributed by atoms with E-state index in [9.17, 15) is 4.79 Å². The monoisotopic (exact) mass is 431 g/mol. The van der Waals surface area contributed by atoms with E-state index in [2.05, 4.69) is 41.4 Å². The van der Waals surface area contributed by atoms with Crippen LogP contribution in [0.1, 0.15) is 30.9 Å². The molecule has 0 aromatic heterocycles. The molecule has 1 aliphatic heterocycles. The fourth-order valence-electron chi connectivity index (χ4n) is 3.61. The molecule has 158 valence electrons. The van der Waals surface area contributed by atoms with E-state index >= 15 is 0 Å². The first-order chi connectivity index (χ1) is 15.2. The van der Waals surface area contributed by atoms with Crippen molar-refractivity contribution in [2.75, 3.05) is 7.11 Å². The number of hydrogen-bond donors (Lipinski definition) is 0. The van der Waals surface area contributed by atoms with E-state index in [1.807, 2.05) is 42.5 Å². The van der Waals surface area contributed by atoms with Crippen LogP contribution in [0, 0.1) is 0 Å². The largest absolute Gasteiger partial charge is 0.497 e. The first-order valence-electron chi connectivity index (χ1n) is 10.4. The maximum atomic E-state index is 13.1. The van der Waals surface area contributed by atoms with Crippen molar-refractivity contribution in [3.8, 4) is 5.75 Å². The molecule has 0 aliphatic carbocycles. The van der Waals surface area contributed by atoms with Crippen molar-refractivity contribution in [3.05, 3.63) is 77.9 Å². The third-order valence-electron chi connectivity index (χ3n) is 5.25. The molecule has 1 fully saturated rings. The van der Waals surface area contributed by atoms with Gasteiger partial charge < -0.3 is 4.74 Å². The van der Waals surface area contributed by atoms with E-state index < -0.39 is 0 Å². The fourth-order valence-corrected chi connectivity index (χ4v) is 4.82. The maximum Gasteiger partial charge on any atom is 0.242 e. The van der Waals surface area contributed by atoms with E-state index in [1.54, 1.807) is 18.2 Å². The SMILES string of the molecule is CCC[C@@H]1S/C(=N/N=C\c2ccc(OC)cc2)N(Cc2cccc3ccccc23)C1=O. The maximum absolute atomic E-state index is 13.1. The zero-order chi connectivity index (χ0) is 21.6. The van der Waals surface area contributed by atoms with Crippen LogP contribution in [0.15, 0.2) is 76.9 Å². The van der Waals surface area contributed by atoms with Gasteiger partial charge in [-0.3, -0.25) is 9.69 Å². The highest BCUT2D eigenvalue weighted by Crippen LogP contribution is 2.32. The summed E-state index contributed by atoms with van der Waals surface area (Å²) in [6.07, 6.45) is 3.48. The number of methoxy groups -OCH3 is 1. The van der Waals surface area contributed by atoms with E-state index in [-0.39, 0.29) is 11.2 Å². The molecule has 0 radical (unpaired) electrons. The summed E-state index contributed by atoms with van der Waals surface area (Å²) >= 11 is 1.51. The van der Waals surface area contributed by atoms with Gasteiger partial charge in [0.2, 0.25) is 5.91 Å². The van der Waals surface area contributed by atoms with Gasteiger partial charge in [-0.2, -0.15) is 5.10 Å². The van der Waals surface area contributed by atoms with Crippen molar-refractivity contribution in [1.82, 2.24) is 4.90 Å². The molecule has 1 saturated heterocycles. The van der Waals surface area contributed by atoms with E-state index in [0.29, 0.717) is 11.7 Å². The highest BCUT2D eigenvalue weighted by atomic mass is 32.2. The molecule has 31 heavy (non-hydrogen) atoms. The van der Waals surface area contributed by atoms with Gasteiger partial charge in [0.15, 0.2) is 5.17 Å². The molecule has 5 nitrogen and oxygen atoms in total. The van der Waals surface area contributed by atoms with Crippen LogP contribution >= 0.6 is 11.8 Å². The molecule has 0 N–H and O–H groups in total. The van der Waals surface area contributed by atoms with Gasteiger partial charge in [0.25, 0.3) is 0 Å². The molecule has 6 heteroatoms. The Labute approximate surface area is 186 Å². The number of nitrogens with zero attached hydrogens (tertiary/aromatic N) is 3. The summed E-state index contributed by atoms with van der Waals surface area (Å²) in [7, 11) is 1.64. The molecule has 1 atom stereocenters. The van der Waals surface area contributed by atoms with Crippen molar-refractivity contribution in [1.29, 1.82) is 0 Å². The third-order valence-corrected chi connectivity index (χ3v) is 6.48. The summed E-state index contributed by atoms with van der Waals surface area (Å²) in [4.78, 5) is 14.9. The van der Waals surface area contributed by atoms with Crippen molar-refractivity contribution in [3.63, 3.8) is 0 Å². The predicted molar refractivity (Wildman–Crippen MR) is 129 cm³/mol. The van der Waals surface area contributed by atoms with Gasteiger partial charge >= 0.3 is 0 Å². The second-order valence-corrected chi connectivity index (χ2v) is 8.53. The molecule has 0 bridgehead atoms. The molecule has 1 amide bonds. The van der Waals surface area contributed by atoms with Crippen LogP contribution in [-0.4, -0.2) is 34.5 Å². The molecule has 4 rings (SSSR count). The zero-order valence-electron chi connectivity index (χ0n) is 17.7. The van der Waals surface area contributed by atoms with E-state index in [0.717, 1.165) is 35.1 Å². The van der Waals surface area contributed by atoms with E-state index in [1.165, 1.54) is 17.1 Å². The van der Waals surface area contributed by atoms with Crippen molar-refractivity contribution < 1.29 is 9.53 Å². The lowest BCUT2D eigenvalue weighted by molar-refractivity contribution is -0.126. The number of carbonyl (C=O) groups excluding carboxylic acids is 1. The summed E-state index contributed by atoms with van der Waals surface area (Å²) in [5.74, 6) is 0.905. The highest BCUT2D eigenvalue weighted by Gasteiger charge is 2.37. The minimum absolute atomic E-state index is 0.102. The quantitative estimate of drug-likeness (QED) is 0.368. The summed E-state index contributed by atoms with van der Waals surface area (Å²) in [5.41, 5.74) is 2.03. The molecule has 0 spiro atoms. The average molecular weight is 432 g/mol. The number of fused-ring (bicyclic) bond motifs is 1. The molecular weight excluding hydrogens is 406 g/mol. The molecule has 0 saturated carbocycles. The Kier molecular flexibility index (Phi) is 6.67. The van der Waals surface area contributed by atoms with Crippen molar-refractivity contribution in [2.24, 2.45) is 10.2 Å². The summed E-state index contributed by atoms with van der Waals surface area (Å²) < 4.78 is 5.18. The Bertz CT molecular complexity index is 1120. The van der Waals surface area contributed by atoms with Crippen LogP contribution in [-0.2, 0) is 11.3 Å². The van der Waals surface area contributed by atoms with Crippen LogP contribution in [0.4, 0.5) is 0 Å². The first-order valence-corrected chi connectivity index (χ1v) is 11.3. The molecule has 3 aromatic rings. The molecular formula is C25H25N3O2S. The second kappa shape index (κ2) is 9.79. The van der Waals surface area contributed by atoms with Crippen LogP contribution in [0.3, 0.4) is 0 Å². The Hall–Kier alpha value is -3.12. The summed E-state index contributed by atoms with van der Waals surface area (Å²) in [5, 5.41) is 11.6. The van der Waals surface area contributed by atoms with E-state index in [4.69, 9.17) is 4.74 Å². The topological polar surface area (TPSA) is 54.3 Å². The minimum Gasteiger partial charge on any atom is -0.497 e. The highest BCUT2D eigenvalue weighted by molar-refractivity contribution is 8.15. The Morgan fingerprint density at radius 2 is 1.84 bits per heavy atom. The first kappa shape index (κ1) is 21.1. The molecule has 1 heterocycles. The summed E-state index contributed by atoms with van der Waals surface area (Å²) in [6.45, 7) is 2.59. The minimum atomic E-state index is -0.102. The standard InChI is InChI=1S/C25H25N3O2S/c1-3-7-23-24(29)28(17-20-10-6-9-19-8-4-5-11-22(19)20)25(31-23)27-26-16-18-12-14-21(30-2)15-13-18/h4-6,8-16,23H,3,7,17H2,1-2H3/b26-16-,27-25+/t23-/m0/s1. The number of amidine groups is 1. The number of thioether (sulfide) groups is 1. The van der Waals surface area contributed by atoms with Crippen LogP contribution in [0.25, 0.3) is 10.8 Å². The Morgan fingerprint density at radius 3 is 2.61 bits per heavy atom. The lowest BCUT2D eigenvalue weighted by Gasteiger charge is -2.17. The normalized spacial score (nSPS) is 17.9. The number of benzene rings is 3. The van der Waals surface area contributed by atoms with Crippen LogP contribution < -0.4 is 4.74 Å². The van der Waals surface area contributed by atoms with Crippen LogP contribution in [0.5, 0.6) is 5.75 Å².